The summed E-state index contributed by atoms with van der Waals surface area (Å²) in [6.45, 7) is 0. The Bertz CT molecular complexity index is 2880. The van der Waals surface area contributed by atoms with E-state index in [9.17, 15) is 0 Å². The van der Waals surface area contributed by atoms with E-state index >= 15 is 0 Å². The lowest BCUT2D eigenvalue weighted by atomic mass is 10.1. The molecule has 0 aliphatic carbocycles. The van der Waals surface area contributed by atoms with Crippen molar-refractivity contribution in [1.29, 1.82) is 0 Å². The highest BCUT2D eigenvalue weighted by molar-refractivity contribution is 6.18. The lowest BCUT2D eigenvalue weighted by molar-refractivity contribution is 0.415. The largest absolute Gasteiger partial charge is 0.497 e. The summed E-state index contributed by atoms with van der Waals surface area (Å²) in [7, 11) is 3.33. The highest BCUT2D eigenvalue weighted by atomic mass is 16.5. The van der Waals surface area contributed by atoms with Gasteiger partial charge in [-0.1, -0.05) is 60.7 Å². The van der Waals surface area contributed by atoms with E-state index in [0.29, 0.717) is 17.6 Å². The molecule has 0 fully saturated rings. The first-order chi connectivity index (χ1) is 24.7. The van der Waals surface area contributed by atoms with Crippen molar-refractivity contribution in [2.24, 2.45) is 0 Å². The number of pyridine rings is 1. The van der Waals surface area contributed by atoms with Gasteiger partial charge in [0.25, 0.3) is 0 Å². The quantitative estimate of drug-likeness (QED) is 0.174. The fraction of sp³-hybridized carbons (Fsp3) is 0.0465. The molecule has 0 N–H and O–H groups in total. The average molecular weight is 648 g/mol. The molecule has 0 amide bonds. The van der Waals surface area contributed by atoms with Crippen LogP contribution in [0, 0.1) is 0 Å². The van der Waals surface area contributed by atoms with Crippen molar-refractivity contribution in [2.45, 2.75) is 0 Å². The molecule has 238 valence electrons. The van der Waals surface area contributed by atoms with Crippen molar-refractivity contribution in [3.05, 3.63) is 140 Å². The Labute approximate surface area is 286 Å². The molecule has 50 heavy (non-hydrogen) atoms. The Balaban J connectivity index is 1.30. The van der Waals surface area contributed by atoms with Crippen LogP contribution in [0.4, 0.5) is 0 Å². The van der Waals surface area contributed by atoms with Crippen molar-refractivity contribution in [2.75, 3.05) is 14.2 Å². The Kier molecular flexibility index (Phi) is 6.17. The molecule has 0 radical (unpaired) electrons. The van der Waals surface area contributed by atoms with Crippen LogP contribution in [0.25, 0.3) is 88.6 Å². The summed E-state index contributed by atoms with van der Waals surface area (Å²) in [5, 5.41) is 7.14. The minimum atomic E-state index is 0.540. The van der Waals surface area contributed by atoms with Gasteiger partial charge >= 0.3 is 0 Å². The third kappa shape index (κ3) is 4.20. The Hall–Kier alpha value is -6.73. The van der Waals surface area contributed by atoms with E-state index < -0.39 is 0 Å². The Morgan fingerprint density at radius 1 is 0.420 bits per heavy atom. The predicted molar refractivity (Wildman–Crippen MR) is 202 cm³/mol. The van der Waals surface area contributed by atoms with Crippen molar-refractivity contribution < 1.29 is 9.47 Å². The number of ether oxygens (including phenoxy) is 2. The zero-order chi connectivity index (χ0) is 33.3. The molecule has 0 atom stereocenters. The first-order valence-corrected chi connectivity index (χ1v) is 16.5. The smallest absolute Gasteiger partial charge is 0.238 e. The van der Waals surface area contributed by atoms with Crippen LogP contribution in [0.15, 0.2) is 140 Å². The molecule has 4 heterocycles. The van der Waals surface area contributed by atoms with E-state index in [0.717, 1.165) is 49.9 Å². The van der Waals surface area contributed by atoms with E-state index in [2.05, 4.69) is 100.0 Å². The lowest BCUT2D eigenvalue weighted by Gasteiger charge is -2.12. The number of fused-ring (bicyclic) bond motifs is 11. The number of aromatic nitrogens is 5. The van der Waals surface area contributed by atoms with Crippen molar-refractivity contribution in [3.8, 4) is 40.2 Å². The number of para-hydroxylation sites is 2. The molecular weight excluding hydrogens is 619 g/mol. The number of hydrogen-bond acceptors (Lipinski definition) is 5. The molecule has 6 aromatic carbocycles. The molecule has 7 heteroatoms. The summed E-state index contributed by atoms with van der Waals surface area (Å²) in [6.07, 6.45) is 0. The molecule has 10 rings (SSSR count). The van der Waals surface area contributed by atoms with Crippen molar-refractivity contribution >= 4 is 59.9 Å². The van der Waals surface area contributed by atoms with Crippen LogP contribution in [0.1, 0.15) is 0 Å². The molecule has 0 unspecified atom stereocenters. The topological polar surface area (TPSA) is 66.5 Å². The summed E-state index contributed by atoms with van der Waals surface area (Å²) in [6, 6.07) is 48.3. The van der Waals surface area contributed by atoms with Gasteiger partial charge in [-0.05, 0) is 84.2 Å². The fourth-order valence-corrected chi connectivity index (χ4v) is 7.39. The number of methoxy groups -OCH3 is 2. The van der Waals surface area contributed by atoms with E-state index in [1.54, 1.807) is 14.2 Å². The van der Waals surface area contributed by atoms with Gasteiger partial charge in [-0.2, -0.15) is 9.97 Å². The van der Waals surface area contributed by atoms with E-state index in [4.69, 9.17) is 24.4 Å². The zero-order valence-corrected chi connectivity index (χ0v) is 27.3. The first kappa shape index (κ1) is 28.3. The van der Waals surface area contributed by atoms with Crippen LogP contribution in [-0.4, -0.2) is 38.1 Å². The maximum Gasteiger partial charge on any atom is 0.238 e. The second-order valence-electron chi connectivity index (χ2n) is 12.4. The lowest BCUT2D eigenvalue weighted by Crippen LogP contribution is -2.06. The SMILES string of the molecule is COc1ccc(-c2nc(-c3ccc(OC)cc3)nc(-n3c4ccccc4c4cc5cc6c7ccccc7c7ccccc7n6c5cc43)n2)cc1. The number of hydrogen-bond donors (Lipinski definition) is 0. The summed E-state index contributed by atoms with van der Waals surface area (Å²) < 4.78 is 15.4. The first-order valence-electron chi connectivity index (χ1n) is 16.5. The van der Waals surface area contributed by atoms with Crippen molar-refractivity contribution in [3.63, 3.8) is 0 Å². The van der Waals surface area contributed by atoms with Crippen LogP contribution >= 0.6 is 0 Å². The molecule has 0 saturated heterocycles. The highest BCUT2D eigenvalue weighted by Gasteiger charge is 2.20. The molecule has 0 spiro atoms. The molecule has 10 aromatic rings. The predicted octanol–water partition coefficient (Wildman–Crippen LogP) is 10.0. The molecule has 0 aliphatic rings. The van der Waals surface area contributed by atoms with Crippen LogP contribution in [-0.2, 0) is 0 Å². The van der Waals surface area contributed by atoms with Crippen LogP contribution in [0.2, 0.25) is 0 Å². The van der Waals surface area contributed by atoms with Crippen molar-refractivity contribution in [1.82, 2.24) is 23.9 Å². The van der Waals surface area contributed by atoms with E-state index in [-0.39, 0.29) is 0 Å². The fourth-order valence-electron chi connectivity index (χ4n) is 7.39. The van der Waals surface area contributed by atoms with Crippen LogP contribution in [0.5, 0.6) is 11.5 Å². The summed E-state index contributed by atoms with van der Waals surface area (Å²) >= 11 is 0. The minimum absolute atomic E-state index is 0.540. The summed E-state index contributed by atoms with van der Waals surface area (Å²) in [5.74, 6) is 3.22. The number of benzene rings is 6. The van der Waals surface area contributed by atoms with Crippen LogP contribution < -0.4 is 9.47 Å². The average Bonchev–Trinajstić information content (AvgIpc) is 3.72. The minimum Gasteiger partial charge on any atom is -0.497 e. The third-order valence-corrected chi connectivity index (χ3v) is 9.75. The molecular formula is C43H29N5O2. The van der Waals surface area contributed by atoms with Gasteiger partial charge in [0.15, 0.2) is 11.6 Å². The molecule has 0 saturated carbocycles. The summed E-state index contributed by atoms with van der Waals surface area (Å²) in [5.41, 5.74) is 7.24. The standard InChI is InChI=1S/C43H29N5O2/c1-49-29-19-15-26(16-20-29)41-44-42(27-17-21-30(50-2)22-18-27)46-43(45-41)48-37-14-8-6-12-34(37)35-23-28-24-39-33-11-4-3-9-31(33)32-10-5-7-13-36(32)47(39)38(28)25-40(35)48/h3-25H,1-2H3. The number of rotatable bonds is 5. The zero-order valence-electron chi connectivity index (χ0n) is 27.3. The third-order valence-electron chi connectivity index (χ3n) is 9.75. The van der Waals surface area contributed by atoms with Gasteiger partial charge in [-0.25, -0.2) is 4.98 Å². The van der Waals surface area contributed by atoms with E-state index in [1.807, 2.05) is 48.5 Å². The second-order valence-corrected chi connectivity index (χ2v) is 12.4. The Morgan fingerprint density at radius 3 is 1.54 bits per heavy atom. The Morgan fingerprint density at radius 2 is 0.940 bits per heavy atom. The second kappa shape index (κ2) is 10.9. The van der Waals surface area contributed by atoms with Gasteiger partial charge in [-0.3, -0.25) is 4.57 Å². The summed E-state index contributed by atoms with van der Waals surface area (Å²) in [4.78, 5) is 15.3. The monoisotopic (exact) mass is 647 g/mol. The van der Waals surface area contributed by atoms with Gasteiger partial charge in [0.1, 0.15) is 11.5 Å². The van der Waals surface area contributed by atoms with Crippen LogP contribution in [0.3, 0.4) is 0 Å². The maximum absolute atomic E-state index is 5.44. The molecule has 4 aromatic heterocycles. The normalized spacial score (nSPS) is 11.8. The van der Waals surface area contributed by atoms with Gasteiger partial charge in [0.2, 0.25) is 5.95 Å². The maximum atomic E-state index is 5.44. The van der Waals surface area contributed by atoms with Gasteiger partial charge in [-0.15, -0.1) is 0 Å². The molecule has 7 nitrogen and oxygen atoms in total. The van der Waals surface area contributed by atoms with Gasteiger partial charge < -0.3 is 13.9 Å². The van der Waals surface area contributed by atoms with Gasteiger partial charge in [0, 0.05) is 38.1 Å². The molecule has 0 bridgehead atoms. The highest BCUT2D eigenvalue weighted by Crippen LogP contribution is 2.39. The van der Waals surface area contributed by atoms with Gasteiger partial charge in [0.05, 0.1) is 41.8 Å². The molecule has 0 aliphatic heterocycles. The van der Waals surface area contributed by atoms with E-state index in [1.165, 1.54) is 32.6 Å². The number of nitrogens with zero attached hydrogens (tertiary/aromatic N) is 5.